The summed E-state index contributed by atoms with van der Waals surface area (Å²) in [5, 5.41) is 0. The van der Waals surface area contributed by atoms with Gasteiger partial charge in [0.15, 0.2) is 0 Å². The van der Waals surface area contributed by atoms with E-state index >= 15 is 0 Å². The average molecular weight is 297 g/mol. The molecule has 0 fully saturated rings. The van der Waals surface area contributed by atoms with Crippen LogP contribution in [0.5, 0.6) is 0 Å². The van der Waals surface area contributed by atoms with Gasteiger partial charge >= 0.3 is 0 Å². The van der Waals surface area contributed by atoms with Crippen LogP contribution >= 0.6 is 11.3 Å². The molecule has 0 radical (unpaired) electrons. The Kier molecular flexibility index (Phi) is 4.67. The Morgan fingerprint density at radius 1 is 1.30 bits per heavy atom. The van der Waals surface area contributed by atoms with E-state index in [0.717, 1.165) is 10.6 Å². The topological polar surface area (TPSA) is 42.2 Å². The van der Waals surface area contributed by atoms with Crippen LogP contribution in [0.1, 0.15) is 16.1 Å². The van der Waals surface area contributed by atoms with Crippen LogP contribution in [-0.4, -0.2) is 18.6 Å². The van der Waals surface area contributed by atoms with E-state index in [1.54, 1.807) is 17.5 Å². The van der Waals surface area contributed by atoms with Gasteiger partial charge in [0.1, 0.15) is 17.3 Å². The van der Waals surface area contributed by atoms with Crippen LogP contribution in [0.4, 0.5) is 14.5 Å². The molecule has 2 rings (SSSR count). The van der Waals surface area contributed by atoms with Crippen LogP contribution in [0.25, 0.3) is 0 Å². The molecule has 0 aliphatic rings. The molecule has 6 heteroatoms. The molecule has 2 N–H and O–H groups in total. The third-order valence-corrected chi connectivity index (χ3v) is 4.04. The Hall–Kier alpha value is -1.53. The number of halogens is 2. The standard InChI is InChI=1S/C14H17F2N3S/c1-9-13(20-8-18-9)7-19(2)14-11(15)5-10(3-4-17)6-12(14)16/h5-6,8H,3-4,7,17H2,1-2H3. The summed E-state index contributed by atoms with van der Waals surface area (Å²) in [6.45, 7) is 2.69. The average Bonchev–Trinajstić information content (AvgIpc) is 2.74. The lowest BCUT2D eigenvalue weighted by atomic mass is 10.1. The normalized spacial score (nSPS) is 10.8. The van der Waals surface area contributed by atoms with E-state index in [9.17, 15) is 8.78 Å². The summed E-state index contributed by atoms with van der Waals surface area (Å²) in [6.07, 6.45) is 0.464. The summed E-state index contributed by atoms with van der Waals surface area (Å²) in [5.41, 5.74) is 8.59. The van der Waals surface area contributed by atoms with Crippen LogP contribution < -0.4 is 10.6 Å². The van der Waals surface area contributed by atoms with Gasteiger partial charge in [0.2, 0.25) is 0 Å². The molecule has 0 saturated carbocycles. The number of hydrogen-bond donors (Lipinski definition) is 1. The SMILES string of the molecule is Cc1ncsc1CN(C)c1c(F)cc(CCN)cc1F. The van der Waals surface area contributed by atoms with Crippen molar-refractivity contribution in [3.8, 4) is 0 Å². The Morgan fingerprint density at radius 2 is 1.95 bits per heavy atom. The van der Waals surface area contributed by atoms with Crippen molar-refractivity contribution in [3.05, 3.63) is 45.4 Å². The molecule has 1 heterocycles. The van der Waals surface area contributed by atoms with Crippen molar-refractivity contribution >= 4 is 17.0 Å². The second kappa shape index (κ2) is 6.28. The molecule has 0 atom stereocenters. The van der Waals surface area contributed by atoms with Crippen LogP contribution in [0.2, 0.25) is 0 Å². The van der Waals surface area contributed by atoms with Gasteiger partial charge in [0, 0.05) is 11.9 Å². The fourth-order valence-electron chi connectivity index (χ4n) is 2.07. The van der Waals surface area contributed by atoms with Gasteiger partial charge in [-0.05, 0) is 37.6 Å². The predicted octanol–water partition coefficient (Wildman–Crippen LogP) is 2.87. The highest BCUT2D eigenvalue weighted by atomic mass is 32.1. The zero-order valence-corrected chi connectivity index (χ0v) is 12.3. The predicted molar refractivity (Wildman–Crippen MR) is 78.1 cm³/mol. The molecular formula is C14H17F2N3S. The van der Waals surface area contributed by atoms with Gasteiger partial charge < -0.3 is 10.6 Å². The Morgan fingerprint density at radius 3 is 2.45 bits per heavy atom. The van der Waals surface area contributed by atoms with Crippen LogP contribution in [0.15, 0.2) is 17.6 Å². The number of benzene rings is 1. The van der Waals surface area contributed by atoms with E-state index in [2.05, 4.69) is 4.98 Å². The number of aryl methyl sites for hydroxylation is 1. The maximum atomic E-state index is 14.1. The fraction of sp³-hybridized carbons (Fsp3) is 0.357. The van der Waals surface area contributed by atoms with Crippen LogP contribution in [0, 0.1) is 18.6 Å². The first-order chi connectivity index (χ1) is 9.52. The molecule has 0 saturated heterocycles. The number of thiazole rings is 1. The molecule has 108 valence electrons. The van der Waals surface area contributed by atoms with E-state index in [1.807, 2.05) is 6.92 Å². The largest absolute Gasteiger partial charge is 0.365 e. The van der Waals surface area contributed by atoms with Crippen molar-refractivity contribution in [2.24, 2.45) is 5.73 Å². The molecule has 0 amide bonds. The molecule has 2 aromatic rings. The molecule has 3 nitrogen and oxygen atoms in total. The smallest absolute Gasteiger partial charge is 0.149 e. The second-order valence-electron chi connectivity index (χ2n) is 4.66. The molecular weight excluding hydrogens is 280 g/mol. The number of anilines is 1. The zero-order valence-electron chi connectivity index (χ0n) is 11.5. The Bertz CT molecular complexity index is 575. The minimum absolute atomic E-state index is 0.0152. The monoisotopic (exact) mass is 297 g/mol. The van der Waals surface area contributed by atoms with Crippen molar-refractivity contribution in [1.82, 2.24) is 4.98 Å². The van der Waals surface area contributed by atoms with Crippen molar-refractivity contribution in [2.75, 3.05) is 18.5 Å². The summed E-state index contributed by atoms with van der Waals surface area (Å²) in [7, 11) is 1.67. The first-order valence-electron chi connectivity index (χ1n) is 6.31. The van der Waals surface area contributed by atoms with Gasteiger partial charge in [-0.2, -0.15) is 0 Å². The summed E-state index contributed by atoms with van der Waals surface area (Å²) < 4.78 is 28.2. The van der Waals surface area contributed by atoms with Crippen molar-refractivity contribution in [1.29, 1.82) is 0 Å². The molecule has 20 heavy (non-hydrogen) atoms. The van der Waals surface area contributed by atoms with Gasteiger partial charge in [-0.1, -0.05) is 0 Å². The number of nitrogens with two attached hydrogens (primary N) is 1. The first kappa shape index (κ1) is 14.9. The minimum Gasteiger partial charge on any atom is -0.365 e. The van der Waals surface area contributed by atoms with E-state index in [-0.39, 0.29) is 5.69 Å². The van der Waals surface area contributed by atoms with E-state index < -0.39 is 11.6 Å². The van der Waals surface area contributed by atoms with Gasteiger partial charge in [0.05, 0.1) is 17.7 Å². The highest BCUT2D eigenvalue weighted by Gasteiger charge is 2.16. The van der Waals surface area contributed by atoms with E-state index in [4.69, 9.17) is 5.73 Å². The van der Waals surface area contributed by atoms with E-state index in [1.165, 1.54) is 23.5 Å². The molecule has 0 bridgehead atoms. The Labute approximate surface area is 121 Å². The lowest BCUT2D eigenvalue weighted by Gasteiger charge is -2.20. The van der Waals surface area contributed by atoms with Crippen molar-refractivity contribution in [2.45, 2.75) is 19.9 Å². The maximum absolute atomic E-state index is 14.1. The first-order valence-corrected chi connectivity index (χ1v) is 7.19. The highest BCUT2D eigenvalue weighted by molar-refractivity contribution is 7.09. The van der Waals surface area contributed by atoms with E-state index in [0.29, 0.717) is 25.1 Å². The van der Waals surface area contributed by atoms with Crippen LogP contribution in [0.3, 0.4) is 0 Å². The van der Waals surface area contributed by atoms with Gasteiger partial charge in [-0.25, -0.2) is 13.8 Å². The van der Waals surface area contributed by atoms with Crippen LogP contribution in [-0.2, 0) is 13.0 Å². The molecule has 0 aliphatic carbocycles. The lowest BCUT2D eigenvalue weighted by Crippen LogP contribution is -2.19. The summed E-state index contributed by atoms with van der Waals surface area (Å²) in [5.74, 6) is -1.11. The summed E-state index contributed by atoms with van der Waals surface area (Å²) in [6, 6.07) is 2.70. The summed E-state index contributed by atoms with van der Waals surface area (Å²) in [4.78, 5) is 6.70. The summed E-state index contributed by atoms with van der Waals surface area (Å²) >= 11 is 1.48. The highest BCUT2D eigenvalue weighted by Crippen LogP contribution is 2.27. The Balaban J connectivity index is 2.25. The number of hydrogen-bond acceptors (Lipinski definition) is 4. The van der Waals surface area contributed by atoms with Gasteiger partial charge in [-0.3, -0.25) is 0 Å². The molecule has 0 spiro atoms. The molecule has 0 unspecified atom stereocenters. The second-order valence-corrected chi connectivity index (χ2v) is 5.60. The van der Waals surface area contributed by atoms with Gasteiger partial charge in [-0.15, -0.1) is 11.3 Å². The number of rotatable bonds is 5. The fourth-order valence-corrected chi connectivity index (χ4v) is 2.90. The maximum Gasteiger partial charge on any atom is 0.149 e. The third-order valence-electron chi connectivity index (χ3n) is 3.12. The number of nitrogens with zero attached hydrogens (tertiary/aromatic N) is 2. The quantitative estimate of drug-likeness (QED) is 0.922. The van der Waals surface area contributed by atoms with Gasteiger partial charge in [0.25, 0.3) is 0 Å². The zero-order chi connectivity index (χ0) is 14.7. The molecule has 1 aromatic heterocycles. The minimum atomic E-state index is -0.557. The van der Waals surface area contributed by atoms with Crippen molar-refractivity contribution < 1.29 is 8.78 Å². The third kappa shape index (κ3) is 3.13. The lowest BCUT2D eigenvalue weighted by molar-refractivity contribution is 0.573. The molecule has 0 aliphatic heterocycles. The molecule has 1 aromatic carbocycles. The number of aromatic nitrogens is 1. The van der Waals surface area contributed by atoms with Crippen molar-refractivity contribution in [3.63, 3.8) is 0 Å².